The second-order valence-electron chi connectivity index (χ2n) is 4.17. The molecule has 2 N–H and O–H groups in total. The van der Waals surface area contributed by atoms with Gasteiger partial charge in [-0.3, -0.25) is 4.90 Å². The first-order chi connectivity index (χ1) is 6.56. The molecule has 0 aromatic rings. The number of hydrogen-bond acceptors (Lipinski definition) is 2. The SMILES string of the molecule is CCC(N)CCN(C)CC#CC(C)C. The summed E-state index contributed by atoms with van der Waals surface area (Å²) in [5.74, 6) is 6.79. The summed E-state index contributed by atoms with van der Waals surface area (Å²) >= 11 is 0. The van der Waals surface area contributed by atoms with Gasteiger partial charge in [-0.15, -0.1) is 0 Å². The van der Waals surface area contributed by atoms with E-state index in [-0.39, 0.29) is 0 Å². The van der Waals surface area contributed by atoms with Crippen molar-refractivity contribution in [3.63, 3.8) is 0 Å². The van der Waals surface area contributed by atoms with Gasteiger partial charge in [-0.2, -0.15) is 0 Å². The van der Waals surface area contributed by atoms with Crippen LogP contribution < -0.4 is 5.73 Å². The zero-order valence-electron chi connectivity index (χ0n) is 10.0. The van der Waals surface area contributed by atoms with E-state index in [1.54, 1.807) is 0 Å². The molecule has 0 aliphatic carbocycles. The summed E-state index contributed by atoms with van der Waals surface area (Å²) in [5, 5.41) is 0. The molecule has 82 valence electrons. The number of rotatable bonds is 5. The van der Waals surface area contributed by atoms with Crippen molar-refractivity contribution in [1.29, 1.82) is 0 Å². The summed E-state index contributed by atoms with van der Waals surface area (Å²) < 4.78 is 0. The lowest BCUT2D eigenvalue weighted by atomic mass is 10.1. The molecule has 0 bridgehead atoms. The van der Waals surface area contributed by atoms with Crippen molar-refractivity contribution in [2.24, 2.45) is 11.7 Å². The van der Waals surface area contributed by atoms with Crippen LogP contribution in [0.1, 0.15) is 33.6 Å². The molecule has 2 nitrogen and oxygen atoms in total. The van der Waals surface area contributed by atoms with Gasteiger partial charge in [-0.25, -0.2) is 0 Å². The van der Waals surface area contributed by atoms with Crippen molar-refractivity contribution in [3.8, 4) is 11.8 Å². The molecule has 0 aromatic carbocycles. The lowest BCUT2D eigenvalue weighted by Gasteiger charge is -2.15. The smallest absolute Gasteiger partial charge is 0.0599 e. The second kappa shape index (κ2) is 7.84. The summed E-state index contributed by atoms with van der Waals surface area (Å²) in [5.41, 5.74) is 5.84. The fraction of sp³-hybridized carbons (Fsp3) is 0.833. The third-order valence-electron chi connectivity index (χ3n) is 2.15. The molecule has 0 amide bonds. The van der Waals surface area contributed by atoms with Gasteiger partial charge in [0.25, 0.3) is 0 Å². The van der Waals surface area contributed by atoms with Crippen molar-refractivity contribution in [3.05, 3.63) is 0 Å². The predicted octanol–water partition coefficient (Wildman–Crippen LogP) is 1.70. The molecule has 0 saturated heterocycles. The van der Waals surface area contributed by atoms with Crippen molar-refractivity contribution >= 4 is 0 Å². The quantitative estimate of drug-likeness (QED) is 0.678. The predicted molar refractivity (Wildman–Crippen MR) is 63.0 cm³/mol. The van der Waals surface area contributed by atoms with Gasteiger partial charge >= 0.3 is 0 Å². The van der Waals surface area contributed by atoms with Crippen LogP contribution in [0.5, 0.6) is 0 Å². The molecule has 0 radical (unpaired) electrons. The maximum Gasteiger partial charge on any atom is 0.0599 e. The van der Waals surface area contributed by atoms with Gasteiger partial charge in [0.05, 0.1) is 6.54 Å². The fourth-order valence-electron chi connectivity index (χ4n) is 1.05. The molecule has 2 heteroatoms. The molecular formula is C12H24N2. The topological polar surface area (TPSA) is 29.3 Å². The zero-order valence-corrected chi connectivity index (χ0v) is 10.0. The van der Waals surface area contributed by atoms with Crippen molar-refractivity contribution in [2.45, 2.75) is 39.7 Å². The van der Waals surface area contributed by atoms with Crippen LogP contribution in [0, 0.1) is 17.8 Å². The Labute approximate surface area is 88.9 Å². The van der Waals surface area contributed by atoms with Crippen molar-refractivity contribution < 1.29 is 0 Å². The standard InChI is InChI=1S/C12H24N2/c1-5-12(13)8-10-14(4)9-6-7-11(2)3/h11-12H,5,8-10,13H2,1-4H3. The van der Waals surface area contributed by atoms with Gasteiger partial charge in [-0.05, 0) is 19.9 Å². The highest BCUT2D eigenvalue weighted by Gasteiger charge is 2.01. The van der Waals surface area contributed by atoms with E-state index in [4.69, 9.17) is 5.73 Å². The molecule has 0 heterocycles. The molecule has 0 aromatic heterocycles. The fourth-order valence-corrected chi connectivity index (χ4v) is 1.05. The Morgan fingerprint density at radius 2 is 2.00 bits per heavy atom. The van der Waals surface area contributed by atoms with E-state index in [9.17, 15) is 0 Å². The first kappa shape index (κ1) is 13.5. The highest BCUT2D eigenvalue weighted by Crippen LogP contribution is 1.95. The molecule has 1 unspecified atom stereocenters. The van der Waals surface area contributed by atoms with E-state index in [0.717, 1.165) is 25.9 Å². The van der Waals surface area contributed by atoms with Gasteiger partial charge in [0.2, 0.25) is 0 Å². The van der Waals surface area contributed by atoms with Crippen LogP contribution in [0.3, 0.4) is 0 Å². The molecule has 0 saturated carbocycles. The molecule has 0 rings (SSSR count). The monoisotopic (exact) mass is 196 g/mol. The summed E-state index contributed by atoms with van der Waals surface area (Å²) in [6, 6.07) is 0.343. The Morgan fingerprint density at radius 3 is 2.50 bits per heavy atom. The maximum absolute atomic E-state index is 5.84. The van der Waals surface area contributed by atoms with Gasteiger partial charge in [-0.1, -0.05) is 32.6 Å². The molecule has 0 spiro atoms. The van der Waals surface area contributed by atoms with Gasteiger partial charge < -0.3 is 5.73 Å². The first-order valence-corrected chi connectivity index (χ1v) is 5.48. The maximum atomic E-state index is 5.84. The second-order valence-corrected chi connectivity index (χ2v) is 4.17. The molecule has 0 fully saturated rings. The Bertz CT molecular complexity index is 188. The highest BCUT2D eigenvalue weighted by molar-refractivity contribution is 5.02. The van der Waals surface area contributed by atoms with Crippen LogP contribution in [-0.2, 0) is 0 Å². The molecule has 0 aliphatic heterocycles. The average molecular weight is 196 g/mol. The Balaban J connectivity index is 3.57. The van der Waals surface area contributed by atoms with Crippen LogP contribution in [0.2, 0.25) is 0 Å². The number of nitrogens with zero attached hydrogens (tertiary/aromatic N) is 1. The van der Waals surface area contributed by atoms with E-state index >= 15 is 0 Å². The summed E-state index contributed by atoms with van der Waals surface area (Å²) in [7, 11) is 2.09. The summed E-state index contributed by atoms with van der Waals surface area (Å²) in [6.07, 6.45) is 2.13. The van der Waals surface area contributed by atoms with Gasteiger partial charge in [0.1, 0.15) is 0 Å². The van der Waals surface area contributed by atoms with Crippen molar-refractivity contribution in [1.82, 2.24) is 4.90 Å². The van der Waals surface area contributed by atoms with Gasteiger partial charge in [0, 0.05) is 18.5 Å². The van der Waals surface area contributed by atoms with E-state index in [1.807, 2.05) is 0 Å². The molecule has 1 atom stereocenters. The third kappa shape index (κ3) is 8.10. The zero-order chi connectivity index (χ0) is 11.0. The van der Waals surface area contributed by atoms with E-state index in [2.05, 4.69) is 44.6 Å². The normalized spacial score (nSPS) is 12.8. The van der Waals surface area contributed by atoms with Gasteiger partial charge in [0.15, 0.2) is 0 Å². The van der Waals surface area contributed by atoms with E-state index < -0.39 is 0 Å². The van der Waals surface area contributed by atoms with Crippen LogP contribution in [0.15, 0.2) is 0 Å². The largest absolute Gasteiger partial charge is 0.328 e. The Kier molecular flexibility index (Phi) is 7.55. The van der Waals surface area contributed by atoms with Crippen LogP contribution in [-0.4, -0.2) is 31.1 Å². The van der Waals surface area contributed by atoms with Crippen LogP contribution >= 0.6 is 0 Å². The first-order valence-electron chi connectivity index (χ1n) is 5.48. The lowest BCUT2D eigenvalue weighted by Crippen LogP contribution is -2.27. The third-order valence-corrected chi connectivity index (χ3v) is 2.15. The van der Waals surface area contributed by atoms with E-state index in [0.29, 0.717) is 12.0 Å². The van der Waals surface area contributed by atoms with Crippen molar-refractivity contribution in [2.75, 3.05) is 20.1 Å². The minimum atomic E-state index is 0.343. The molecule has 0 aliphatic rings. The summed E-state index contributed by atoms with van der Waals surface area (Å²) in [6.45, 7) is 8.25. The number of hydrogen-bond donors (Lipinski definition) is 1. The lowest BCUT2D eigenvalue weighted by molar-refractivity contribution is 0.351. The number of nitrogens with two attached hydrogens (primary N) is 1. The van der Waals surface area contributed by atoms with E-state index in [1.165, 1.54) is 0 Å². The average Bonchev–Trinajstić information content (AvgIpc) is 2.13. The Morgan fingerprint density at radius 1 is 1.36 bits per heavy atom. The molecular weight excluding hydrogens is 172 g/mol. The molecule has 14 heavy (non-hydrogen) atoms. The Hall–Kier alpha value is -0.520. The van der Waals surface area contributed by atoms with Crippen LogP contribution in [0.25, 0.3) is 0 Å². The summed E-state index contributed by atoms with van der Waals surface area (Å²) in [4.78, 5) is 2.23. The minimum absolute atomic E-state index is 0.343. The minimum Gasteiger partial charge on any atom is -0.328 e. The highest BCUT2D eigenvalue weighted by atomic mass is 15.1. The van der Waals surface area contributed by atoms with Crippen LogP contribution in [0.4, 0.5) is 0 Å².